The van der Waals surface area contributed by atoms with Crippen LogP contribution in [-0.2, 0) is 12.8 Å². The molecule has 0 aromatic heterocycles. The second kappa shape index (κ2) is 5.27. The normalized spacial score (nSPS) is 13.5. The minimum atomic E-state index is 0.166. The Balaban J connectivity index is 1.80. The molecule has 2 nitrogen and oxygen atoms in total. The third kappa shape index (κ3) is 2.68. The van der Waals surface area contributed by atoms with Crippen molar-refractivity contribution < 1.29 is 9.53 Å². The van der Waals surface area contributed by atoms with Gasteiger partial charge in [-0.3, -0.25) is 4.79 Å². The molecule has 2 heteroatoms. The van der Waals surface area contributed by atoms with E-state index in [-0.39, 0.29) is 5.78 Å². The van der Waals surface area contributed by atoms with Crippen molar-refractivity contribution in [1.29, 1.82) is 0 Å². The molecular weight excluding hydrogens is 236 g/mol. The van der Waals surface area contributed by atoms with Crippen LogP contribution in [0.2, 0.25) is 0 Å². The summed E-state index contributed by atoms with van der Waals surface area (Å²) in [5.74, 6) is 1.10. The zero-order chi connectivity index (χ0) is 13.1. The van der Waals surface area contributed by atoms with E-state index in [0.29, 0.717) is 6.42 Å². The van der Waals surface area contributed by atoms with E-state index in [2.05, 4.69) is 0 Å². The van der Waals surface area contributed by atoms with Gasteiger partial charge in [0, 0.05) is 12.0 Å². The predicted molar refractivity (Wildman–Crippen MR) is 74.7 cm³/mol. The van der Waals surface area contributed by atoms with Gasteiger partial charge >= 0.3 is 0 Å². The molecule has 0 bridgehead atoms. The van der Waals surface area contributed by atoms with E-state index in [4.69, 9.17) is 4.74 Å². The van der Waals surface area contributed by atoms with Gasteiger partial charge in [0.15, 0.2) is 5.78 Å². The van der Waals surface area contributed by atoms with Crippen LogP contribution in [0.25, 0.3) is 0 Å². The first-order chi connectivity index (χ1) is 9.33. The lowest BCUT2D eigenvalue weighted by Crippen LogP contribution is -2.10. The van der Waals surface area contributed by atoms with Crippen LogP contribution in [0.5, 0.6) is 5.75 Å². The van der Waals surface area contributed by atoms with E-state index in [0.717, 1.165) is 41.9 Å². The monoisotopic (exact) mass is 252 g/mol. The Labute approximate surface area is 113 Å². The topological polar surface area (TPSA) is 26.3 Å². The minimum absolute atomic E-state index is 0.166. The van der Waals surface area contributed by atoms with E-state index in [1.54, 1.807) is 0 Å². The van der Waals surface area contributed by atoms with E-state index < -0.39 is 0 Å². The summed E-state index contributed by atoms with van der Waals surface area (Å²) < 4.78 is 5.57. The lowest BCUT2D eigenvalue weighted by molar-refractivity contribution is 0.0993. The standard InChI is InChI=1S/C17H16O2/c18-16(11-13-5-2-1-3-6-13)14-8-9-17-15(12-14)7-4-10-19-17/h1-3,5-6,8-9,12H,4,7,10-11H2. The van der Waals surface area contributed by atoms with Crippen molar-refractivity contribution in [3.05, 3.63) is 65.2 Å². The molecule has 0 saturated carbocycles. The summed E-state index contributed by atoms with van der Waals surface area (Å²) in [6.07, 6.45) is 2.49. The average molecular weight is 252 g/mol. The molecule has 0 saturated heterocycles. The number of hydrogen-bond donors (Lipinski definition) is 0. The molecule has 0 spiro atoms. The molecular formula is C17H16O2. The van der Waals surface area contributed by atoms with Gasteiger partial charge in [-0.2, -0.15) is 0 Å². The van der Waals surface area contributed by atoms with E-state index in [9.17, 15) is 4.79 Å². The van der Waals surface area contributed by atoms with Crippen LogP contribution in [0.3, 0.4) is 0 Å². The average Bonchev–Trinajstić information content (AvgIpc) is 2.48. The molecule has 96 valence electrons. The van der Waals surface area contributed by atoms with E-state index in [1.807, 2.05) is 48.5 Å². The highest BCUT2D eigenvalue weighted by Crippen LogP contribution is 2.26. The molecule has 2 aromatic rings. The Hall–Kier alpha value is -2.09. The second-order valence-corrected chi connectivity index (χ2v) is 4.86. The lowest BCUT2D eigenvalue weighted by Gasteiger charge is -2.17. The highest BCUT2D eigenvalue weighted by molar-refractivity contribution is 5.97. The Kier molecular flexibility index (Phi) is 3.32. The molecule has 0 amide bonds. The Morgan fingerprint density at radius 1 is 1.11 bits per heavy atom. The molecule has 0 aliphatic carbocycles. The van der Waals surface area contributed by atoms with E-state index >= 15 is 0 Å². The van der Waals surface area contributed by atoms with Gasteiger partial charge < -0.3 is 4.74 Å². The van der Waals surface area contributed by atoms with Crippen molar-refractivity contribution in [1.82, 2.24) is 0 Å². The van der Waals surface area contributed by atoms with Crippen molar-refractivity contribution in [2.24, 2.45) is 0 Å². The summed E-state index contributed by atoms with van der Waals surface area (Å²) in [4.78, 5) is 12.3. The largest absolute Gasteiger partial charge is 0.493 e. The number of ether oxygens (including phenoxy) is 1. The van der Waals surface area contributed by atoms with Crippen LogP contribution in [0, 0.1) is 0 Å². The summed E-state index contributed by atoms with van der Waals surface area (Å²) in [6.45, 7) is 0.782. The van der Waals surface area contributed by atoms with Crippen LogP contribution in [0.1, 0.15) is 27.9 Å². The first-order valence-electron chi connectivity index (χ1n) is 6.66. The number of Topliss-reactive ketones (excluding diaryl/α,β-unsaturated/α-hetero) is 1. The van der Waals surface area contributed by atoms with Gasteiger partial charge in [0.1, 0.15) is 5.75 Å². The molecule has 1 aliphatic heterocycles. The van der Waals surface area contributed by atoms with Crippen LogP contribution in [0.4, 0.5) is 0 Å². The second-order valence-electron chi connectivity index (χ2n) is 4.86. The van der Waals surface area contributed by atoms with E-state index in [1.165, 1.54) is 0 Å². The van der Waals surface area contributed by atoms with Crippen LogP contribution < -0.4 is 4.74 Å². The van der Waals surface area contributed by atoms with Crippen molar-refractivity contribution in [3.63, 3.8) is 0 Å². The van der Waals surface area contributed by atoms with Crippen LogP contribution in [0.15, 0.2) is 48.5 Å². The number of rotatable bonds is 3. The summed E-state index contributed by atoms with van der Waals surface area (Å²) in [5, 5.41) is 0. The smallest absolute Gasteiger partial charge is 0.167 e. The minimum Gasteiger partial charge on any atom is -0.493 e. The van der Waals surface area contributed by atoms with Crippen molar-refractivity contribution in [2.75, 3.05) is 6.61 Å². The predicted octanol–water partition coefficient (Wildman–Crippen LogP) is 3.44. The number of benzene rings is 2. The maximum atomic E-state index is 12.3. The molecule has 0 atom stereocenters. The third-order valence-electron chi connectivity index (χ3n) is 3.44. The lowest BCUT2D eigenvalue weighted by atomic mass is 9.98. The van der Waals surface area contributed by atoms with Gasteiger partial charge in [-0.15, -0.1) is 0 Å². The molecule has 3 rings (SSSR count). The van der Waals surface area contributed by atoms with Gasteiger partial charge in [0.25, 0.3) is 0 Å². The zero-order valence-corrected chi connectivity index (χ0v) is 10.8. The molecule has 19 heavy (non-hydrogen) atoms. The van der Waals surface area contributed by atoms with Gasteiger partial charge in [-0.05, 0) is 42.2 Å². The fourth-order valence-electron chi connectivity index (χ4n) is 2.42. The highest BCUT2D eigenvalue weighted by Gasteiger charge is 2.13. The zero-order valence-electron chi connectivity index (χ0n) is 10.8. The first kappa shape index (κ1) is 12.0. The number of fused-ring (bicyclic) bond motifs is 1. The maximum Gasteiger partial charge on any atom is 0.167 e. The fraction of sp³-hybridized carbons (Fsp3) is 0.235. The first-order valence-corrected chi connectivity index (χ1v) is 6.66. The van der Waals surface area contributed by atoms with Gasteiger partial charge in [0.2, 0.25) is 0 Å². The van der Waals surface area contributed by atoms with Crippen LogP contribution >= 0.6 is 0 Å². The van der Waals surface area contributed by atoms with Gasteiger partial charge in [-0.1, -0.05) is 30.3 Å². The fourth-order valence-corrected chi connectivity index (χ4v) is 2.42. The highest BCUT2D eigenvalue weighted by atomic mass is 16.5. The summed E-state index contributed by atoms with van der Waals surface area (Å²) in [7, 11) is 0. The molecule has 0 fully saturated rings. The third-order valence-corrected chi connectivity index (χ3v) is 3.44. The molecule has 1 heterocycles. The van der Waals surface area contributed by atoms with Crippen molar-refractivity contribution in [3.8, 4) is 5.75 Å². The maximum absolute atomic E-state index is 12.3. The van der Waals surface area contributed by atoms with Crippen molar-refractivity contribution in [2.45, 2.75) is 19.3 Å². The van der Waals surface area contributed by atoms with Crippen LogP contribution in [-0.4, -0.2) is 12.4 Å². The van der Waals surface area contributed by atoms with Crippen molar-refractivity contribution >= 4 is 5.78 Å². The molecule has 1 aliphatic rings. The number of aryl methyl sites for hydroxylation is 1. The van der Waals surface area contributed by atoms with Gasteiger partial charge in [-0.25, -0.2) is 0 Å². The number of carbonyl (C=O) groups is 1. The van der Waals surface area contributed by atoms with Gasteiger partial charge in [0.05, 0.1) is 6.61 Å². The Bertz CT molecular complexity index is 587. The summed E-state index contributed by atoms with van der Waals surface area (Å²) >= 11 is 0. The number of hydrogen-bond acceptors (Lipinski definition) is 2. The quantitative estimate of drug-likeness (QED) is 0.782. The number of ketones is 1. The number of carbonyl (C=O) groups excluding carboxylic acids is 1. The Morgan fingerprint density at radius 2 is 1.95 bits per heavy atom. The molecule has 2 aromatic carbocycles. The molecule has 0 radical (unpaired) electrons. The summed E-state index contributed by atoms with van der Waals surface area (Å²) in [5.41, 5.74) is 3.00. The molecule has 0 unspecified atom stereocenters. The molecule has 0 N–H and O–H groups in total. The summed E-state index contributed by atoms with van der Waals surface area (Å²) in [6, 6.07) is 15.6. The Morgan fingerprint density at radius 3 is 2.79 bits per heavy atom. The SMILES string of the molecule is O=C(Cc1ccccc1)c1ccc2c(c1)CCCO2.